The maximum atomic E-state index is 11.1. The Labute approximate surface area is 97.7 Å². The molecular formula is C11H13BrN2O. The van der Waals surface area contributed by atoms with Crippen molar-refractivity contribution in [2.24, 2.45) is 0 Å². The largest absolute Gasteiger partial charge is 0.347 e. The van der Waals surface area contributed by atoms with Gasteiger partial charge in [0.1, 0.15) is 5.82 Å². The van der Waals surface area contributed by atoms with Gasteiger partial charge in [-0.25, -0.2) is 4.98 Å². The Hall–Kier alpha value is -1.16. The summed E-state index contributed by atoms with van der Waals surface area (Å²) in [6.45, 7) is 1.98. The fourth-order valence-electron chi connectivity index (χ4n) is 1.01. The number of nitrogens with zero attached hydrogens (tertiary/aromatic N) is 1. The SMILES string of the molecule is CCCC(=O)/C=C/Nc1ccc(Br)cn1. The van der Waals surface area contributed by atoms with Gasteiger partial charge in [0.15, 0.2) is 5.78 Å². The van der Waals surface area contributed by atoms with Crippen molar-refractivity contribution >= 4 is 27.5 Å². The van der Waals surface area contributed by atoms with E-state index in [4.69, 9.17) is 0 Å². The molecule has 0 amide bonds. The lowest BCUT2D eigenvalue weighted by molar-refractivity contribution is -0.114. The van der Waals surface area contributed by atoms with Crippen molar-refractivity contribution in [3.05, 3.63) is 35.1 Å². The monoisotopic (exact) mass is 268 g/mol. The summed E-state index contributed by atoms with van der Waals surface area (Å²) in [6.07, 6.45) is 6.32. The molecule has 4 heteroatoms. The van der Waals surface area contributed by atoms with E-state index in [1.165, 1.54) is 6.08 Å². The first-order valence-electron chi connectivity index (χ1n) is 4.80. The molecule has 0 fully saturated rings. The van der Waals surface area contributed by atoms with E-state index < -0.39 is 0 Å². The molecule has 3 nitrogen and oxygen atoms in total. The van der Waals surface area contributed by atoms with Gasteiger partial charge in [-0.15, -0.1) is 0 Å². The number of carbonyl (C=O) groups excluding carboxylic acids is 1. The molecule has 0 radical (unpaired) electrons. The average molecular weight is 269 g/mol. The van der Waals surface area contributed by atoms with Crippen LogP contribution in [0.5, 0.6) is 0 Å². The number of allylic oxidation sites excluding steroid dienone is 1. The smallest absolute Gasteiger partial charge is 0.157 e. The topological polar surface area (TPSA) is 42.0 Å². The lowest BCUT2D eigenvalue weighted by Crippen LogP contribution is -1.95. The van der Waals surface area contributed by atoms with E-state index in [1.54, 1.807) is 12.4 Å². The molecule has 0 saturated carbocycles. The van der Waals surface area contributed by atoms with E-state index in [0.717, 1.165) is 16.7 Å². The Bertz CT molecular complexity index is 346. The minimum Gasteiger partial charge on any atom is -0.347 e. The van der Waals surface area contributed by atoms with E-state index in [1.807, 2.05) is 19.1 Å². The summed E-state index contributed by atoms with van der Waals surface area (Å²) in [6, 6.07) is 3.72. The number of carbonyl (C=O) groups is 1. The number of halogens is 1. The molecule has 0 atom stereocenters. The summed E-state index contributed by atoms with van der Waals surface area (Å²) in [5.41, 5.74) is 0. The van der Waals surface area contributed by atoms with E-state index in [-0.39, 0.29) is 5.78 Å². The van der Waals surface area contributed by atoms with E-state index in [2.05, 4.69) is 26.2 Å². The number of rotatable bonds is 5. The maximum Gasteiger partial charge on any atom is 0.157 e. The number of nitrogens with one attached hydrogen (secondary N) is 1. The molecule has 0 spiro atoms. The Kier molecular flexibility index (Phi) is 5.04. The summed E-state index contributed by atoms with van der Waals surface area (Å²) < 4.78 is 0.930. The Balaban J connectivity index is 2.43. The summed E-state index contributed by atoms with van der Waals surface area (Å²) in [7, 11) is 0. The number of ketones is 1. The summed E-state index contributed by atoms with van der Waals surface area (Å²) in [5, 5.41) is 2.93. The van der Waals surface area contributed by atoms with Gasteiger partial charge in [-0.1, -0.05) is 6.92 Å². The molecule has 80 valence electrons. The highest BCUT2D eigenvalue weighted by atomic mass is 79.9. The highest BCUT2D eigenvalue weighted by Crippen LogP contribution is 2.10. The van der Waals surface area contributed by atoms with Crippen molar-refractivity contribution in [1.82, 2.24) is 4.98 Å². The Morgan fingerprint density at radius 2 is 2.40 bits per heavy atom. The fourth-order valence-corrected chi connectivity index (χ4v) is 1.25. The van der Waals surface area contributed by atoms with Crippen LogP contribution in [0.4, 0.5) is 5.82 Å². The van der Waals surface area contributed by atoms with Gasteiger partial charge in [0.2, 0.25) is 0 Å². The number of hydrogen-bond acceptors (Lipinski definition) is 3. The third kappa shape index (κ3) is 4.74. The van der Waals surface area contributed by atoms with Crippen LogP contribution in [-0.4, -0.2) is 10.8 Å². The Morgan fingerprint density at radius 1 is 1.60 bits per heavy atom. The highest BCUT2D eigenvalue weighted by molar-refractivity contribution is 9.10. The minimum atomic E-state index is 0.127. The molecule has 0 unspecified atom stereocenters. The van der Waals surface area contributed by atoms with Gasteiger partial charge < -0.3 is 5.32 Å². The van der Waals surface area contributed by atoms with Crippen molar-refractivity contribution < 1.29 is 4.79 Å². The number of hydrogen-bond donors (Lipinski definition) is 1. The van der Waals surface area contributed by atoms with Crippen LogP contribution in [-0.2, 0) is 4.79 Å². The van der Waals surface area contributed by atoms with Crippen molar-refractivity contribution in [1.29, 1.82) is 0 Å². The zero-order valence-electron chi connectivity index (χ0n) is 8.53. The molecule has 1 rings (SSSR count). The van der Waals surface area contributed by atoms with Crippen molar-refractivity contribution in [3.8, 4) is 0 Å². The summed E-state index contributed by atoms with van der Waals surface area (Å²) >= 11 is 3.29. The second-order valence-corrected chi connectivity index (χ2v) is 3.97. The predicted molar refractivity (Wildman–Crippen MR) is 64.6 cm³/mol. The fraction of sp³-hybridized carbons (Fsp3) is 0.273. The molecule has 1 aromatic rings. The molecule has 1 N–H and O–H groups in total. The molecular weight excluding hydrogens is 256 g/mol. The van der Waals surface area contributed by atoms with Crippen molar-refractivity contribution in [2.75, 3.05) is 5.32 Å². The van der Waals surface area contributed by atoms with Gasteiger partial charge in [-0.05, 0) is 40.6 Å². The molecule has 0 aliphatic heterocycles. The van der Waals surface area contributed by atoms with Gasteiger partial charge >= 0.3 is 0 Å². The van der Waals surface area contributed by atoms with Crippen LogP contribution in [0.15, 0.2) is 35.1 Å². The minimum absolute atomic E-state index is 0.127. The standard InChI is InChI=1S/C11H13BrN2O/c1-2-3-10(15)6-7-13-11-5-4-9(12)8-14-11/h4-8H,2-3H2,1H3,(H,13,14)/b7-6+. The van der Waals surface area contributed by atoms with Gasteiger partial charge in [0.25, 0.3) is 0 Å². The van der Waals surface area contributed by atoms with Crippen LogP contribution in [0.1, 0.15) is 19.8 Å². The Morgan fingerprint density at radius 3 is 3.00 bits per heavy atom. The van der Waals surface area contributed by atoms with Crippen molar-refractivity contribution in [2.45, 2.75) is 19.8 Å². The summed E-state index contributed by atoms with van der Waals surface area (Å²) in [5.74, 6) is 0.848. The molecule has 1 aromatic heterocycles. The molecule has 0 bridgehead atoms. The van der Waals surface area contributed by atoms with Gasteiger partial charge in [0.05, 0.1) is 0 Å². The van der Waals surface area contributed by atoms with Gasteiger partial charge in [-0.2, -0.15) is 0 Å². The third-order valence-corrected chi connectivity index (χ3v) is 2.19. The lowest BCUT2D eigenvalue weighted by Gasteiger charge is -1.98. The van der Waals surface area contributed by atoms with E-state index in [9.17, 15) is 4.79 Å². The van der Waals surface area contributed by atoms with Gasteiger partial charge in [-0.3, -0.25) is 4.79 Å². The second-order valence-electron chi connectivity index (χ2n) is 3.06. The average Bonchev–Trinajstić information content (AvgIpc) is 2.21. The van der Waals surface area contributed by atoms with Crippen LogP contribution >= 0.6 is 15.9 Å². The second kappa shape index (κ2) is 6.35. The van der Waals surface area contributed by atoms with Crippen LogP contribution < -0.4 is 5.32 Å². The first kappa shape index (κ1) is 11.9. The van der Waals surface area contributed by atoms with Crippen molar-refractivity contribution in [3.63, 3.8) is 0 Å². The van der Waals surface area contributed by atoms with E-state index >= 15 is 0 Å². The zero-order valence-corrected chi connectivity index (χ0v) is 10.1. The van der Waals surface area contributed by atoms with Crippen LogP contribution in [0.3, 0.4) is 0 Å². The third-order valence-electron chi connectivity index (χ3n) is 1.72. The van der Waals surface area contributed by atoms with Crippen LogP contribution in [0, 0.1) is 0 Å². The molecule has 0 aliphatic rings. The number of anilines is 1. The van der Waals surface area contributed by atoms with Crippen LogP contribution in [0.25, 0.3) is 0 Å². The molecule has 0 aromatic carbocycles. The normalized spacial score (nSPS) is 10.5. The quantitative estimate of drug-likeness (QED) is 0.835. The maximum absolute atomic E-state index is 11.1. The van der Waals surface area contributed by atoms with Gasteiger partial charge in [0, 0.05) is 23.3 Å². The highest BCUT2D eigenvalue weighted by Gasteiger charge is 1.93. The molecule has 15 heavy (non-hydrogen) atoms. The lowest BCUT2D eigenvalue weighted by atomic mass is 10.2. The molecule has 0 aliphatic carbocycles. The first-order valence-corrected chi connectivity index (χ1v) is 5.59. The molecule has 1 heterocycles. The van der Waals surface area contributed by atoms with Crippen LogP contribution in [0.2, 0.25) is 0 Å². The molecule has 0 saturated heterocycles. The number of pyridine rings is 1. The first-order chi connectivity index (χ1) is 7.22. The van der Waals surface area contributed by atoms with E-state index in [0.29, 0.717) is 6.42 Å². The predicted octanol–water partition coefficient (Wildman–Crippen LogP) is 3.14. The zero-order chi connectivity index (χ0) is 11.1. The summed E-state index contributed by atoms with van der Waals surface area (Å²) in [4.78, 5) is 15.2. The number of aromatic nitrogens is 1.